The van der Waals surface area contributed by atoms with Crippen LogP contribution in [0.15, 0.2) is 41.2 Å². The van der Waals surface area contributed by atoms with Gasteiger partial charge < -0.3 is 10.2 Å². The standard InChI is InChI=1S/C31H35ClN4O/c32-25-5-4-6-26-28(25)29(37)34-30-31(11-2-1-3-12-31)24-8-7-20(15-27(24)36(26)30)19-9-13-35(14-10-19)18-23-21-16-33-17-22(21)23/h4-8,15,19,21-23,33H,1-3,9-14,16-18H2. The minimum atomic E-state index is -0.187. The smallest absolute Gasteiger partial charge is 0.282 e. The summed E-state index contributed by atoms with van der Waals surface area (Å²) in [5.41, 5.74) is 4.60. The van der Waals surface area contributed by atoms with Crippen LogP contribution in [0.1, 0.15) is 67.8 Å². The molecule has 8 rings (SSSR count). The first-order valence-electron chi connectivity index (χ1n) is 14.4. The van der Waals surface area contributed by atoms with E-state index in [1.807, 2.05) is 18.2 Å². The van der Waals surface area contributed by atoms with Gasteiger partial charge in [-0.1, -0.05) is 49.1 Å². The van der Waals surface area contributed by atoms with Crippen LogP contribution in [0.5, 0.6) is 0 Å². The Morgan fingerprint density at radius 3 is 2.59 bits per heavy atom. The van der Waals surface area contributed by atoms with Crippen LogP contribution in [0.3, 0.4) is 0 Å². The van der Waals surface area contributed by atoms with Crippen LogP contribution in [-0.4, -0.2) is 47.2 Å². The Hall–Kier alpha value is -2.21. The van der Waals surface area contributed by atoms with Gasteiger partial charge in [-0.3, -0.25) is 9.36 Å². The van der Waals surface area contributed by atoms with Gasteiger partial charge in [0, 0.05) is 6.54 Å². The van der Waals surface area contributed by atoms with E-state index in [1.165, 1.54) is 81.6 Å². The molecule has 0 radical (unpaired) electrons. The average Bonchev–Trinajstić information content (AvgIpc) is 3.23. The zero-order valence-electron chi connectivity index (χ0n) is 21.4. The van der Waals surface area contributed by atoms with Crippen molar-refractivity contribution < 1.29 is 0 Å². The molecule has 1 aromatic heterocycles. The minimum Gasteiger partial charge on any atom is -0.316 e. The number of likely N-dealkylation sites (tertiary alicyclic amines) is 1. The molecule has 5 nitrogen and oxygen atoms in total. The number of piperidine rings is 2. The van der Waals surface area contributed by atoms with Gasteiger partial charge in [0.15, 0.2) is 0 Å². The average molecular weight is 515 g/mol. The molecule has 2 aromatic carbocycles. The quantitative estimate of drug-likeness (QED) is 0.519. The first kappa shape index (κ1) is 22.7. The lowest BCUT2D eigenvalue weighted by atomic mass is 9.69. The van der Waals surface area contributed by atoms with Crippen molar-refractivity contribution in [2.24, 2.45) is 17.8 Å². The molecule has 0 bridgehead atoms. The number of halogens is 1. The maximum Gasteiger partial charge on any atom is 0.282 e. The fraction of sp³-hybridized carbons (Fsp3) is 0.548. The van der Waals surface area contributed by atoms with Crippen LogP contribution in [0.25, 0.3) is 16.6 Å². The molecule has 2 atom stereocenters. The van der Waals surface area contributed by atoms with Gasteiger partial charge in [0.25, 0.3) is 5.56 Å². The Morgan fingerprint density at radius 1 is 1.03 bits per heavy atom. The van der Waals surface area contributed by atoms with Crippen molar-refractivity contribution in [2.75, 3.05) is 32.7 Å². The van der Waals surface area contributed by atoms with Crippen molar-refractivity contribution in [3.63, 3.8) is 0 Å². The van der Waals surface area contributed by atoms with Gasteiger partial charge in [-0.25, -0.2) is 0 Å². The van der Waals surface area contributed by atoms with Crippen LogP contribution in [-0.2, 0) is 5.41 Å². The number of hydrogen-bond donors (Lipinski definition) is 1. The molecule has 1 N–H and O–H groups in total. The first-order valence-corrected chi connectivity index (χ1v) is 14.8. The topological polar surface area (TPSA) is 50.2 Å². The summed E-state index contributed by atoms with van der Waals surface area (Å²) in [6.45, 7) is 6.20. The predicted molar refractivity (Wildman–Crippen MR) is 148 cm³/mol. The zero-order chi connectivity index (χ0) is 24.7. The molecule has 5 aliphatic rings. The highest BCUT2D eigenvalue weighted by atomic mass is 35.5. The third-order valence-corrected chi connectivity index (χ3v) is 10.9. The molecule has 37 heavy (non-hydrogen) atoms. The van der Waals surface area contributed by atoms with Crippen LogP contribution in [0.2, 0.25) is 5.02 Å². The van der Waals surface area contributed by atoms with E-state index >= 15 is 0 Å². The molecular weight excluding hydrogens is 480 g/mol. The molecule has 3 aromatic rings. The van der Waals surface area contributed by atoms with Crippen molar-refractivity contribution in [2.45, 2.75) is 56.3 Å². The number of nitrogens with one attached hydrogen (secondary N) is 1. The molecular formula is C31H35ClN4O. The molecule has 4 heterocycles. The van der Waals surface area contributed by atoms with E-state index in [2.05, 4.69) is 33.0 Å². The maximum atomic E-state index is 13.2. The molecule has 3 aliphatic heterocycles. The van der Waals surface area contributed by atoms with Gasteiger partial charge in [-0.2, -0.15) is 4.98 Å². The Bertz CT molecular complexity index is 1440. The van der Waals surface area contributed by atoms with E-state index in [1.54, 1.807) is 0 Å². The molecule has 2 aliphatic carbocycles. The lowest BCUT2D eigenvalue weighted by Gasteiger charge is -2.34. The molecule has 2 saturated heterocycles. The van der Waals surface area contributed by atoms with Crippen molar-refractivity contribution in [3.8, 4) is 5.69 Å². The summed E-state index contributed by atoms with van der Waals surface area (Å²) < 4.78 is 2.29. The third kappa shape index (κ3) is 3.36. The predicted octanol–water partition coefficient (Wildman–Crippen LogP) is 5.25. The van der Waals surface area contributed by atoms with Gasteiger partial charge >= 0.3 is 0 Å². The van der Waals surface area contributed by atoms with Gasteiger partial charge in [-0.05, 0) is 105 Å². The summed E-state index contributed by atoms with van der Waals surface area (Å²) in [7, 11) is 0. The number of benzene rings is 2. The molecule has 4 fully saturated rings. The molecule has 6 heteroatoms. The SMILES string of the molecule is O=c1nc2n(c3cccc(Cl)c13)-c1cc(C3CCN(CC4C5CNCC54)CC3)ccc1C21CCCCC1. The summed E-state index contributed by atoms with van der Waals surface area (Å²) in [6, 6.07) is 13.0. The molecule has 0 amide bonds. The summed E-state index contributed by atoms with van der Waals surface area (Å²) in [5.74, 6) is 4.38. The Morgan fingerprint density at radius 2 is 1.81 bits per heavy atom. The van der Waals surface area contributed by atoms with E-state index < -0.39 is 0 Å². The van der Waals surface area contributed by atoms with E-state index in [9.17, 15) is 4.79 Å². The number of fused-ring (bicyclic) bond motifs is 8. The highest BCUT2D eigenvalue weighted by Gasteiger charge is 2.53. The van der Waals surface area contributed by atoms with Gasteiger partial charge in [0.1, 0.15) is 5.82 Å². The highest BCUT2D eigenvalue weighted by Crippen LogP contribution is 2.52. The van der Waals surface area contributed by atoms with E-state index in [-0.39, 0.29) is 11.0 Å². The number of nitrogens with zero attached hydrogens (tertiary/aromatic N) is 3. The van der Waals surface area contributed by atoms with Crippen LogP contribution in [0, 0.1) is 17.8 Å². The van der Waals surface area contributed by atoms with E-state index in [0.29, 0.717) is 16.3 Å². The summed E-state index contributed by atoms with van der Waals surface area (Å²) in [5, 5.41) is 4.58. The summed E-state index contributed by atoms with van der Waals surface area (Å²) in [4.78, 5) is 20.7. The van der Waals surface area contributed by atoms with Gasteiger partial charge in [0.05, 0.1) is 27.0 Å². The molecule has 2 unspecified atom stereocenters. The second kappa shape index (κ2) is 8.39. The van der Waals surface area contributed by atoms with E-state index in [4.69, 9.17) is 16.6 Å². The molecule has 1 spiro atoms. The highest BCUT2D eigenvalue weighted by molar-refractivity contribution is 6.35. The minimum absolute atomic E-state index is 0.150. The fourth-order valence-corrected chi connectivity index (χ4v) is 8.77. The summed E-state index contributed by atoms with van der Waals surface area (Å²) >= 11 is 6.54. The summed E-state index contributed by atoms with van der Waals surface area (Å²) in [6.07, 6.45) is 8.21. The van der Waals surface area contributed by atoms with Gasteiger partial charge in [-0.15, -0.1) is 0 Å². The monoisotopic (exact) mass is 514 g/mol. The maximum absolute atomic E-state index is 13.2. The lowest BCUT2D eigenvalue weighted by Crippen LogP contribution is -2.35. The normalized spacial score (nSPS) is 28.4. The number of aromatic nitrogens is 2. The Kier molecular flexibility index (Phi) is 5.16. The Balaban J connectivity index is 1.15. The van der Waals surface area contributed by atoms with Gasteiger partial charge in [0.2, 0.25) is 0 Å². The third-order valence-electron chi connectivity index (χ3n) is 10.6. The fourth-order valence-electron chi connectivity index (χ4n) is 8.52. The van der Waals surface area contributed by atoms with Crippen molar-refractivity contribution in [1.82, 2.24) is 19.8 Å². The number of hydrogen-bond acceptors (Lipinski definition) is 4. The van der Waals surface area contributed by atoms with Crippen LogP contribution < -0.4 is 10.9 Å². The number of rotatable bonds is 3. The van der Waals surface area contributed by atoms with Crippen molar-refractivity contribution in [3.05, 3.63) is 68.7 Å². The first-order chi connectivity index (χ1) is 18.1. The van der Waals surface area contributed by atoms with Crippen molar-refractivity contribution in [1.29, 1.82) is 0 Å². The van der Waals surface area contributed by atoms with Crippen LogP contribution >= 0.6 is 11.6 Å². The second-order valence-electron chi connectivity index (χ2n) is 12.4. The molecule has 2 saturated carbocycles. The van der Waals surface area contributed by atoms with Crippen LogP contribution in [0.4, 0.5) is 0 Å². The molecule has 192 valence electrons. The Labute approximate surface area is 223 Å². The largest absolute Gasteiger partial charge is 0.316 e. The second-order valence-corrected chi connectivity index (χ2v) is 12.8. The zero-order valence-corrected chi connectivity index (χ0v) is 22.1. The van der Waals surface area contributed by atoms with Crippen molar-refractivity contribution >= 4 is 22.5 Å². The lowest BCUT2D eigenvalue weighted by molar-refractivity contribution is 0.197. The van der Waals surface area contributed by atoms with E-state index in [0.717, 1.165) is 41.9 Å².